The summed E-state index contributed by atoms with van der Waals surface area (Å²) in [5.41, 5.74) is 0.679. The summed E-state index contributed by atoms with van der Waals surface area (Å²) in [6.07, 6.45) is 0. The molecule has 0 aliphatic rings. The molecule has 1 aromatic heterocycles. The fraction of sp³-hybridized carbons (Fsp3) is 0.353. The van der Waals surface area contributed by atoms with Gasteiger partial charge in [0.05, 0.1) is 14.2 Å². The average molecular weight is 363 g/mol. The number of hydrogen-bond donors (Lipinski definition) is 1. The molecule has 2 aromatic rings. The van der Waals surface area contributed by atoms with Crippen molar-refractivity contribution in [2.24, 2.45) is 0 Å². The van der Waals surface area contributed by atoms with Crippen molar-refractivity contribution in [1.82, 2.24) is 9.88 Å². The number of nitrogens with zero attached hydrogens (tertiary/aromatic N) is 2. The number of carbonyl (C=O) groups excluding carboxylic acids is 2. The lowest BCUT2D eigenvalue weighted by atomic mass is 10.2. The minimum Gasteiger partial charge on any atom is -0.497 e. The highest BCUT2D eigenvalue weighted by Crippen LogP contribution is 2.24. The first-order valence-corrected chi connectivity index (χ1v) is 8.50. The van der Waals surface area contributed by atoms with Crippen LogP contribution in [-0.2, 0) is 0 Å². The van der Waals surface area contributed by atoms with Crippen LogP contribution < -0.4 is 14.8 Å². The predicted octanol–water partition coefficient (Wildman–Crippen LogP) is 2.89. The molecule has 2 amide bonds. The van der Waals surface area contributed by atoms with Crippen molar-refractivity contribution in [3.63, 3.8) is 0 Å². The topological polar surface area (TPSA) is 80.8 Å². The number of thiazole rings is 1. The van der Waals surface area contributed by atoms with Gasteiger partial charge in [-0.05, 0) is 26.0 Å². The number of amides is 2. The van der Waals surface area contributed by atoms with Gasteiger partial charge < -0.3 is 14.4 Å². The molecular weight excluding hydrogens is 342 g/mol. The first kappa shape index (κ1) is 18.7. The van der Waals surface area contributed by atoms with Crippen molar-refractivity contribution in [2.45, 2.75) is 19.9 Å². The van der Waals surface area contributed by atoms with Gasteiger partial charge in [0.25, 0.3) is 11.8 Å². The molecule has 0 aliphatic heterocycles. The van der Waals surface area contributed by atoms with Gasteiger partial charge in [-0.15, -0.1) is 11.3 Å². The Hall–Kier alpha value is -2.61. The smallest absolute Gasteiger partial charge is 0.273 e. The molecule has 0 saturated carbocycles. The van der Waals surface area contributed by atoms with E-state index < -0.39 is 0 Å². The van der Waals surface area contributed by atoms with E-state index in [-0.39, 0.29) is 17.9 Å². The van der Waals surface area contributed by atoms with E-state index in [1.165, 1.54) is 25.6 Å². The molecule has 1 heterocycles. The number of nitrogens with one attached hydrogen (secondary N) is 1. The Morgan fingerprint density at radius 3 is 2.28 bits per heavy atom. The summed E-state index contributed by atoms with van der Waals surface area (Å²) in [7, 11) is 4.74. The van der Waals surface area contributed by atoms with Gasteiger partial charge in [-0.25, -0.2) is 4.98 Å². The van der Waals surface area contributed by atoms with E-state index in [2.05, 4.69) is 10.3 Å². The van der Waals surface area contributed by atoms with Crippen molar-refractivity contribution in [2.75, 3.05) is 26.6 Å². The molecule has 0 bridgehead atoms. The van der Waals surface area contributed by atoms with E-state index >= 15 is 0 Å². The van der Waals surface area contributed by atoms with Crippen molar-refractivity contribution in [1.29, 1.82) is 0 Å². The average Bonchev–Trinajstić information content (AvgIpc) is 3.08. The third-order valence-electron chi connectivity index (χ3n) is 3.65. The second-order valence-corrected chi connectivity index (χ2v) is 6.46. The molecule has 0 aliphatic carbocycles. The van der Waals surface area contributed by atoms with Crippen molar-refractivity contribution in [3.05, 3.63) is 34.8 Å². The fourth-order valence-corrected chi connectivity index (χ4v) is 2.63. The second-order valence-electron chi connectivity index (χ2n) is 5.60. The first-order valence-electron chi connectivity index (χ1n) is 7.62. The molecule has 0 saturated heterocycles. The molecule has 1 N–H and O–H groups in total. The molecule has 0 unspecified atom stereocenters. The van der Waals surface area contributed by atoms with Gasteiger partial charge in [0.2, 0.25) is 0 Å². The molecule has 2 rings (SSSR count). The van der Waals surface area contributed by atoms with Crippen LogP contribution >= 0.6 is 11.3 Å². The predicted molar refractivity (Wildman–Crippen MR) is 96.8 cm³/mol. The summed E-state index contributed by atoms with van der Waals surface area (Å²) in [6, 6.07) is 4.95. The quantitative estimate of drug-likeness (QED) is 0.853. The number of carbonyl (C=O) groups is 2. The Balaban J connectivity index is 2.15. The molecule has 7 nitrogen and oxygen atoms in total. The molecule has 8 heteroatoms. The van der Waals surface area contributed by atoms with Gasteiger partial charge >= 0.3 is 0 Å². The van der Waals surface area contributed by atoms with Crippen molar-refractivity contribution < 1.29 is 19.1 Å². The van der Waals surface area contributed by atoms with E-state index in [1.807, 2.05) is 13.8 Å². The Labute approximate surface area is 150 Å². The lowest BCUT2D eigenvalue weighted by molar-refractivity contribution is 0.0749. The monoisotopic (exact) mass is 363 g/mol. The molecule has 0 fully saturated rings. The van der Waals surface area contributed by atoms with Crippen molar-refractivity contribution in [3.8, 4) is 11.5 Å². The van der Waals surface area contributed by atoms with Gasteiger partial charge in [-0.3, -0.25) is 14.9 Å². The number of ether oxygens (including phenoxy) is 2. The summed E-state index contributed by atoms with van der Waals surface area (Å²) in [4.78, 5) is 30.5. The van der Waals surface area contributed by atoms with E-state index in [9.17, 15) is 9.59 Å². The molecule has 0 radical (unpaired) electrons. The van der Waals surface area contributed by atoms with Crippen LogP contribution in [0.25, 0.3) is 0 Å². The first-order chi connectivity index (χ1) is 11.8. The zero-order valence-electron chi connectivity index (χ0n) is 14.8. The molecule has 0 spiro atoms. The minimum absolute atomic E-state index is 0.0662. The highest BCUT2D eigenvalue weighted by Gasteiger charge is 2.19. The zero-order valence-corrected chi connectivity index (χ0v) is 15.6. The summed E-state index contributed by atoms with van der Waals surface area (Å²) in [5.74, 6) is 0.480. The highest BCUT2D eigenvalue weighted by atomic mass is 32.1. The van der Waals surface area contributed by atoms with Gasteiger partial charge in [0, 0.05) is 30.1 Å². The van der Waals surface area contributed by atoms with Gasteiger partial charge in [0.15, 0.2) is 5.13 Å². The van der Waals surface area contributed by atoms with Crippen LogP contribution in [0.2, 0.25) is 0 Å². The summed E-state index contributed by atoms with van der Waals surface area (Å²) < 4.78 is 10.3. The van der Waals surface area contributed by atoms with Gasteiger partial charge in [0.1, 0.15) is 17.2 Å². The maximum Gasteiger partial charge on any atom is 0.273 e. The maximum atomic E-state index is 12.4. The number of methoxy groups -OCH3 is 2. The molecule has 25 heavy (non-hydrogen) atoms. The van der Waals surface area contributed by atoms with Crippen molar-refractivity contribution >= 4 is 28.3 Å². The summed E-state index contributed by atoms with van der Waals surface area (Å²) in [5, 5.41) is 4.67. The van der Waals surface area contributed by atoms with Crippen LogP contribution in [-0.4, -0.2) is 49.0 Å². The third kappa shape index (κ3) is 4.48. The van der Waals surface area contributed by atoms with Crippen LogP contribution in [0.4, 0.5) is 5.13 Å². The van der Waals surface area contributed by atoms with E-state index in [0.29, 0.717) is 27.9 Å². The van der Waals surface area contributed by atoms with E-state index in [0.717, 1.165) is 0 Å². The van der Waals surface area contributed by atoms with Crippen LogP contribution in [0.1, 0.15) is 34.7 Å². The van der Waals surface area contributed by atoms with Crippen LogP contribution in [0, 0.1) is 0 Å². The summed E-state index contributed by atoms with van der Waals surface area (Å²) in [6.45, 7) is 3.84. The molecular formula is C17H21N3O4S. The van der Waals surface area contributed by atoms with Crippen LogP contribution in [0.3, 0.4) is 0 Å². The Bertz CT molecular complexity index is 751. The second kappa shape index (κ2) is 7.98. The van der Waals surface area contributed by atoms with E-state index in [1.54, 1.807) is 35.5 Å². The van der Waals surface area contributed by atoms with Gasteiger partial charge in [-0.1, -0.05) is 0 Å². The SMILES string of the molecule is COc1cc(OC)cc(C(=O)Nc2nc(C(=O)N(C)C(C)C)cs2)c1. The zero-order chi connectivity index (χ0) is 18.6. The maximum absolute atomic E-state index is 12.4. The lowest BCUT2D eigenvalue weighted by Crippen LogP contribution is -2.33. The third-order valence-corrected chi connectivity index (χ3v) is 4.41. The summed E-state index contributed by atoms with van der Waals surface area (Å²) >= 11 is 1.20. The molecule has 134 valence electrons. The largest absolute Gasteiger partial charge is 0.497 e. The Morgan fingerprint density at radius 1 is 1.16 bits per heavy atom. The highest BCUT2D eigenvalue weighted by molar-refractivity contribution is 7.14. The number of benzene rings is 1. The van der Waals surface area contributed by atoms with E-state index in [4.69, 9.17) is 9.47 Å². The normalized spacial score (nSPS) is 10.5. The van der Waals surface area contributed by atoms with Crippen LogP contribution in [0.5, 0.6) is 11.5 Å². The minimum atomic E-state index is -0.359. The number of rotatable bonds is 6. The lowest BCUT2D eigenvalue weighted by Gasteiger charge is -2.19. The molecule has 1 aromatic carbocycles. The Morgan fingerprint density at radius 2 is 1.76 bits per heavy atom. The standard InChI is InChI=1S/C17H21N3O4S/c1-10(2)20(3)16(22)14-9-25-17(18-14)19-15(21)11-6-12(23-4)8-13(7-11)24-5/h6-10H,1-5H3,(H,18,19,21). The Kier molecular flexibility index (Phi) is 5.97. The number of aromatic nitrogens is 1. The fourth-order valence-electron chi connectivity index (χ4n) is 1.95. The van der Waals surface area contributed by atoms with Gasteiger partial charge in [-0.2, -0.15) is 0 Å². The van der Waals surface area contributed by atoms with Crippen LogP contribution in [0.15, 0.2) is 23.6 Å². The number of hydrogen-bond acceptors (Lipinski definition) is 6. The number of anilines is 1. The molecule has 0 atom stereocenters.